The van der Waals surface area contributed by atoms with Crippen LogP contribution in [0.1, 0.15) is 48.6 Å². The Morgan fingerprint density at radius 3 is 2.39 bits per heavy atom. The van der Waals surface area contributed by atoms with Crippen LogP contribution >= 0.6 is 0 Å². The van der Waals surface area contributed by atoms with Gasteiger partial charge in [-0.05, 0) is 75.7 Å². The molecule has 1 aliphatic rings. The third-order valence-corrected chi connectivity index (χ3v) is 6.17. The zero-order valence-corrected chi connectivity index (χ0v) is 22.6. The van der Waals surface area contributed by atoms with Gasteiger partial charge in [-0.2, -0.15) is 13.2 Å². The van der Waals surface area contributed by atoms with E-state index in [0.717, 1.165) is 22.8 Å². The quantitative estimate of drug-likeness (QED) is 0.437. The van der Waals surface area contributed by atoms with E-state index in [9.17, 15) is 22.8 Å². The highest BCUT2D eigenvalue weighted by Crippen LogP contribution is 2.32. The Morgan fingerprint density at radius 1 is 1.03 bits per heavy atom. The van der Waals surface area contributed by atoms with Crippen LogP contribution in [-0.2, 0) is 35.2 Å². The minimum absolute atomic E-state index is 0.0554. The van der Waals surface area contributed by atoms with Gasteiger partial charge in [-0.3, -0.25) is 4.79 Å². The Bertz CT molecular complexity index is 1170. The predicted octanol–water partition coefficient (Wildman–Crippen LogP) is 5.60. The van der Waals surface area contributed by atoms with Gasteiger partial charge in [-0.25, -0.2) is 4.79 Å². The molecular weight excluding hydrogens is 495 g/mol. The third kappa shape index (κ3) is 8.08. The molecule has 38 heavy (non-hydrogen) atoms. The molecule has 9 heteroatoms. The number of carbonyl (C=O) groups is 2. The molecule has 0 spiro atoms. The van der Waals surface area contributed by atoms with E-state index in [-0.39, 0.29) is 30.7 Å². The molecular formula is C29H36F3N3O3. The van der Waals surface area contributed by atoms with Crippen molar-refractivity contribution >= 4 is 18.1 Å². The van der Waals surface area contributed by atoms with Gasteiger partial charge < -0.3 is 19.4 Å². The maximum Gasteiger partial charge on any atom is 0.416 e. The van der Waals surface area contributed by atoms with Crippen LogP contribution in [0.3, 0.4) is 0 Å². The molecule has 2 amide bonds. The predicted molar refractivity (Wildman–Crippen MR) is 141 cm³/mol. The van der Waals surface area contributed by atoms with Crippen LogP contribution in [0.15, 0.2) is 48.5 Å². The van der Waals surface area contributed by atoms with E-state index in [4.69, 9.17) is 4.74 Å². The number of rotatable bonds is 7. The molecule has 0 unspecified atom stereocenters. The van der Waals surface area contributed by atoms with Gasteiger partial charge in [-0.15, -0.1) is 0 Å². The van der Waals surface area contributed by atoms with E-state index >= 15 is 0 Å². The smallest absolute Gasteiger partial charge is 0.416 e. The number of ether oxygens (including phenoxy) is 1. The van der Waals surface area contributed by atoms with Crippen molar-refractivity contribution in [1.29, 1.82) is 0 Å². The lowest BCUT2D eigenvalue weighted by atomic mass is 9.94. The van der Waals surface area contributed by atoms with Crippen LogP contribution in [0.4, 0.5) is 18.0 Å². The number of fused-ring (bicyclic) bond motifs is 1. The molecule has 0 atom stereocenters. The second-order valence-electron chi connectivity index (χ2n) is 10.7. The number of hydrogen-bond donors (Lipinski definition) is 0. The maximum absolute atomic E-state index is 13.5. The Kier molecular flexibility index (Phi) is 9.25. The number of amides is 2. The van der Waals surface area contributed by atoms with Gasteiger partial charge >= 0.3 is 12.3 Å². The molecule has 3 rings (SSSR count). The number of likely N-dealkylation sites (N-methyl/N-ethyl adjacent to an activating group) is 1. The lowest BCUT2D eigenvalue weighted by Crippen LogP contribution is -2.40. The third-order valence-electron chi connectivity index (χ3n) is 6.17. The molecule has 206 valence electrons. The summed E-state index contributed by atoms with van der Waals surface area (Å²) < 4.78 is 46.1. The van der Waals surface area contributed by atoms with Gasteiger partial charge in [0.1, 0.15) is 5.60 Å². The van der Waals surface area contributed by atoms with Crippen molar-refractivity contribution in [3.05, 3.63) is 76.4 Å². The average molecular weight is 532 g/mol. The number of hydrogen-bond acceptors (Lipinski definition) is 4. The Labute approximate surface area is 222 Å². The van der Waals surface area contributed by atoms with Crippen molar-refractivity contribution < 1.29 is 27.5 Å². The van der Waals surface area contributed by atoms with E-state index in [1.54, 1.807) is 17.0 Å². The number of carbonyl (C=O) groups excluding carboxylic acids is 2. The molecule has 1 aliphatic heterocycles. The number of alkyl halides is 3. The fourth-order valence-electron chi connectivity index (χ4n) is 4.27. The monoisotopic (exact) mass is 531 g/mol. The highest BCUT2D eigenvalue weighted by Gasteiger charge is 2.33. The van der Waals surface area contributed by atoms with Gasteiger partial charge in [0, 0.05) is 38.8 Å². The first kappa shape index (κ1) is 29.2. The van der Waals surface area contributed by atoms with Crippen molar-refractivity contribution in [2.45, 2.75) is 52.1 Å². The van der Waals surface area contributed by atoms with Crippen LogP contribution < -0.4 is 0 Å². The van der Waals surface area contributed by atoms with E-state index in [0.29, 0.717) is 26.1 Å². The Hall–Kier alpha value is -3.33. The summed E-state index contributed by atoms with van der Waals surface area (Å²) in [6.07, 6.45) is -1.13. The molecule has 0 saturated carbocycles. The standard InChI is InChI=1S/C29H36F3N3O3/c1-28(2,3)38-27(37)35-16-15-24-21(10-8-11-22(24)19-35)13-14-26(36)34(18-17-33(4)5)20-23-9-6-7-12-25(23)29(30,31)32/h6-14H,15-20H2,1-5H3/b14-13+. The topological polar surface area (TPSA) is 53.1 Å². The van der Waals surface area contributed by atoms with E-state index in [2.05, 4.69) is 0 Å². The maximum atomic E-state index is 13.5. The van der Waals surface area contributed by atoms with Gasteiger partial charge in [-0.1, -0.05) is 36.4 Å². The largest absolute Gasteiger partial charge is 0.444 e. The molecule has 2 aromatic carbocycles. The fourth-order valence-corrected chi connectivity index (χ4v) is 4.27. The van der Waals surface area contributed by atoms with Gasteiger partial charge in [0.25, 0.3) is 0 Å². The molecule has 0 bridgehead atoms. The lowest BCUT2D eigenvalue weighted by molar-refractivity contribution is -0.139. The Morgan fingerprint density at radius 2 is 1.74 bits per heavy atom. The SMILES string of the molecule is CN(C)CCN(Cc1ccccc1C(F)(F)F)C(=O)/C=C/c1cccc2c1CCN(C(=O)OC(C)(C)C)C2. The first-order valence-corrected chi connectivity index (χ1v) is 12.6. The highest BCUT2D eigenvalue weighted by molar-refractivity contribution is 5.92. The van der Waals surface area contributed by atoms with Gasteiger partial charge in [0.15, 0.2) is 0 Å². The lowest BCUT2D eigenvalue weighted by Gasteiger charge is -2.31. The van der Waals surface area contributed by atoms with Crippen molar-refractivity contribution in [1.82, 2.24) is 14.7 Å². The summed E-state index contributed by atoms with van der Waals surface area (Å²) in [5.41, 5.74) is 1.60. The van der Waals surface area contributed by atoms with Gasteiger partial charge in [0.05, 0.1) is 5.56 Å². The van der Waals surface area contributed by atoms with Crippen LogP contribution in [0.2, 0.25) is 0 Å². The first-order chi connectivity index (χ1) is 17.7. The summed E-state index contributed by atoms with van der Waals surface area (Å²) in [4.78, 5) is 30.7. The molecule has 0 saturated heterocycles. The number of halogens is 3. The van der Waals surface area contributed by atoms with E-state index < -0.39 is 17.3 Å². The molecule has 2 aromatic rings. The minimum atomic E-state index is -4.50. The summed E-state index contributed by atoms with van der Waals surface area (Å²) >= 11 is 0. The van der Waals surface area contributed by atoms with E-state index in [1.807, 2.05) is 58.0 Å². The molecule has 1 heterocycles. The molecule has 0 radical (unpaired) electrons. The molecule has 0 N–H and O–H groups in total. The summed E-state index contributed by atoms with van der Waals surface area (Å²) in [5, 5.41) is 0. The summed E-state index contributed by atoms with van der Waals surface area (Å²) in [6, 6.07) is 11.1. The molecule has 0 aromatic heterocycles. The van der Waals surface area contributed by atoms with Crippen molar-refractivity contribution in [2.75, 3.05) is 33.7 Å². The van der Waals surface area contributed by atoms with Crippen molar-refractivity contribution in [3.8, 4) is 0 Å². The van der Waals surface area contributed by atoms with E-state index in [1.165, 1.54) is 23.1 Å². The summed E-state index contributed by atoms with van der Waals surface area (Å²) in [6.45, 7) is 7.01. The normalized spacial score (nSPS) is 14.1. The van der Waals surface area contributed by atoms with Gasteiger partial charge in [0.2, 0.25) is 5.91 Å². The zero-order chi connectivity index (χ0) is 28.1. The number of nitrogens with zero attached hydrogens (tertiary/aromatic N) is 3. The summed E-state index contributed by atoms with van der Waals surface area (Å²) in [5.74, 6) is -0.368. The second kappa shape index (κ2) is 12.0. The first-order valence-electron chi connectivity index (χ1n) is 12.6. The second-order valence-corrected chi connectivity index (χ2v) is 10.7. The zero-order valence-electron chi connectivity index (χ0n) is 22.6. The fraction of sp³-hybridized carbons (Fsp3) is 0.448. The van der Waals surface area contributed by atoms with Crippen molar-refractivity contribution in [3.63, 3.8) is 0 Å². The van der Waals surface area contributed by atoms with Crippen LogP contribution in [-0.4, -0.2) is 66.0 Å². The average Bonchev–Trinajstić information content (AvgIpc) is 2.83. The molecule has 0 aliphatic carbocycles. The van der Waals surface area contributed by atoms with Crippen LogP contribution in [0, 0.1) is 0 Å². The molecule has 0 fully saturated rings. The highest BCUT2D eigenvalue weighted by atomic mass is 19.4. The minimum Gasteiger partial charge on any atom is -0.444 e. The van der Waals surface area contributed by atoms with Crippen LogP contribution in [0.5, 0.6) is 0 Å². The molecule has 6 nitrogen and oxygen atoms in total. The van der Waals surface area contributed by atoms with Crippen molar-refractivity contribution in [2.24, 2.45) is 0 Å². The Balaban J connectivity index is 1.79. The van der Waals surface area contributed by atoms with Crippen LogP contribution in [0.25, 0.3) is 6.08 Å². The number of benzene rings is 2. The summed E-state index contributed by atoms with van der Waals surface area (Å²) in [7, 11) is 3.69.